The molecule has 1 atom stereocenters. The number of carbonyl (C=O) groups excluding carboxylic acids is 3. The van der Waals surface area contributed by atoms with E-state index in [1.54, 1.807) is 44.4 Å². The van der Waals surface area contributed by atoms with Gasteiger partial charge in [-0.15, -0.1) is 0 Å². The summed E-state index contributed by atoms with van der Waals surface area (Å²) < 4.78 is 6.60. The van der Waals surface area contributed by atoms with E-state index in [9.17, 15) is 14.4 Å². The van der Waals surface area contributed by atoms with E-state index < -0.39 is 17.9 Å². The van der Waals surface area contributed by atoms with Crippen LogP contribution in [0.3, 0.4) is 0 Å². The second-order valence-corrected chi connectivity index (χ2v) is 5.92. The molecule has 0 spiro atoms. The number of imide groups is 1. The Balaban J connectivity index is 1.66. The van der Waals surface area contributed by atoms with Crippen LogP contribution in [0.15, 0.2) is 30.5 Å². The molecule has 0 unspecified atom stereocenters. The minimum absolute atomic E-state index is 0.0445. The van der Waals surface area contributed by atoms with Gasteiger partial charge in [0.1, 0.15) is 11.8 Å². The zero-order chi connectivity index (χ0) is 18.8. The van der Waals surface area contributed by atoms with Gasteiger partial charge in [0.2, 0.25) is 5.91 Å². The summed E-state index contributed by atoms with van der Waals surface area (Å²) in [4.78, 5) is 38.1. The highest BCUT2D eigenvalue weighted by molar-refractivity contribution is 6.22. The summed E-state index contributed by atoms with van der Waals surface area (Å²) in [5, 5.41) is 4.09. The molecule has 3 rings (SSSR count). The summed E-state index contributed by atoms with van der Waals surface area (Å²) in [6.07, 6.45) is 1.54. The van der Waals surface area contributed by atoms with Gasteiger partial charge in [-0.05, 0) is 31.2 Å². The lowest BCUT2D eigenvalue weighted by Gasteiger charge is -2.16. The Labute approximate surface area is 149 Å². The minimum atomic E-state index is -0.828. The average Bonchev–Trinajstić information content (AvgIpc) is 3.11. The molecule has 0 radical (unpaired) electrons. The molecule has 2 heterocycles. The van der Waals surface area contributed by atoms with Gasteiger partial charge in [0.25, 0.3) is 11.8 Å². The van der Waals surface area contributed by atoms with E-state index in [4.69, 9.17) is 4.74 Å². The molecule has 136 valence electrons. The van der Waals surface area contributed by atoms with Crippen LogP contribution in [0.1, 0.15) is 22.5 Å². The van der Waals surface area contributed by atoms with Crippen LogP contribution in [0.4, 0.5) is 5.69 Å². The molecule has 0 saturated carbocycles. The quantitative estimate of drug-likeness (QED) is 0.589. The Morgan fingerprint density at radius 3 is 2.54 bits per heavy atom. The van der Waals surface area contributed by atoms with Crippen LogP contribution in [-0.4, -0.2) is 40.7 Å². The topological polar surface area (TPSA) is 106 Å². The van der Waals surface area contributed by atoms with Crippen molar-refractivity contribution < 1.29 is 19.1 Å². The second kappa shape index (κ2) is 6.96. The summed E-state index contributed by atoms with van der Waals surface area (Å²) in [6, 6.07) is 5.78. The van der Waals surface area contributed by atoms with Gasteiger partial charge in [0.05, 0.1) is 30.5 Å². The summed E-state index contributed by atoms with van der Waals surface area (Å²) >= 11 is 0. The van der Waals surface area contributed by atoms with Crippen molar-refractivity contribution >= 4 is 23.4 Å². The molecule has 2 aromatic rings. The summed E-state index contributed by atoms with van der Waals surface area (Å²) in [6.45, 7) is 1.71. The molecule has 1 aliphatic heterocycles. The van der Waals surface area contributed by atoms with E-state index in [0.717, 1.165) is 4.90 Å². The van der Waals surface area contributed by atoms with Gasteiger partial charge in [-0.2, -0.15) is 5.10 Å². The third-order valence-corrected chi connectivity index (χ3v) is 4.10. The van der Waals surface area contributed by atoms with E-state index in [2.05, 4.69) is 16.0 Å². The van der Waals surface area contributed by atoms with E-state index in [-0.39, 0.29) is 12.3 Å². The summed E-state index contributed by atoms with van der Waals surface area (Å²) in [5.41, 5.74) is 6.54. The molecule has 1 aromatic carbocycles. The summed E-state index contributed by atoms with van der Waals surface area (Å²) in [7, 11) is 3.25. The highest BCUT2D eigenvalue weighted by Gasteiger charge is 2.39. The average molecular weight is 357 g/mol. The maximum absolute atomic E-state index is 12.5. The third-order valence-electron chi connectivity index (χ3n) is 4.10. The van der Waals surface area contributed by atoms with Gasteiger partial charge >= 0.3 is 0 Å². The first-order chi connectivity index (χ1) is 12.4. The Bertz CT molecular complexity index is 859. The zero-order valence-electron chi connectivity index (χ0n) is 14.6. The first-order valence-corrected chi connectivity index (χ1v) is 7.97. The molecule has 3 amide bonds. The molecule has 9 nitrogen and oxygen atoms in total. The van der Waals surface area contributed by atoms with Gasteiger partial charge in [-0.3, -0.25) is 24.5 Å². The Morgan fingerprint density at radius 1 is 1.27 bits per heavy atom. The molecule has 9 heteroatoms. The van der Waals surface area contributed by atoms with Gasteiger partial charge in [-0.1, -0.05) is 0 Å². The fourth-order valence-corrected chi connectivity index (χ4v) is 2.79. The SMILES string of the molecule is COc1ccc(N2C(=O)C[C@@H](NNC(=O)c3cn(C)nc3C)C2=O)cc1. The normalized spacial score (nSPS) is 16.9. The molecule has 2 N–H and O–H groups in total. The maximum atomic E-state index is 12.5. The van der Waals surface area contributed by atoms with Gasteiger partial charge in [0.15, 0.2) is 0 Å². The molecular weight excluding hydrogens is 338 g/mol. The van der Waals surface area contributed by atoms with Gasteiger partial charge < -0.3 is 4.74 Å². The number of hydrazine groups is 1. The number of nitrogens with zero attached hydrogens (tertiary/aromatic N) is 3. The fourth-order valence-electron chi connectivity index (χ4n) is 2.79. The van der Waals surface area contributed by atoms with Gasteiger partial charge in [0, 0.05) is 13.2 Å². The number of anilines is 1. The lowest BCUT2D eigenvalue weighted by molar-refractivity contribution is -0.121. The molecular formula is C17H19N5O4. The smallest absolute Gasteiger partial charge is 0.268 e. The summed E-state index contributed by atoms with van der Waals surface area (Å²) in [5.74, 6) is -0.562. The zero-order valence-corrected chi connectivity index (χ0v) is 14.6. The molecule has 1 aromatic heterocycles. The fraction of sp³-hybridized carbons (Fsp3) is 0.294. The van der Waals surface area contributed by atoms with E-state index in [1.807, 2.05) is 0 Å². The van der Waals surface area contributed by atoms with E-state index in [0.29, 0.717) is 22.7 Å². The van der Waals surface area contributed by atoms with Crippen molar-refractivity contribution in [2.24, 2.45) is 7.05 Å². The number of nitrogens with one attached hydrogen (secondary N) is 2. The van der Waals surface area contributed by atoms with E-state index >= 15 is 0 Å². The number of hydrogen-bond donors (Lipinski definition) is 2. The van der Waals surface area contributed by atoms with Crippen LogP contribution in [0.2, 0.25) is 0 Å². The van der Waals surface area contributed by atoms with Gasteiger partial charge in [-0.25, -0.2) is 10.3 Å². The van der Waals surface area contributed by atoms with Crippen LogP contribution in [-0.2, 0) is 16.6 Å². The lowest BCUT2D eigenvalue weighted by Crippen LogP contribution is -2.48. The second-order valence-electron chi connectivity index (χ2n) is 5.92. The minimum Gasteiger partial charge on any atom is -0.497 e. The number of aromatic nitrogens is 2. The molecule has 1 fully saturated rings. The first-order valence-electron chi connectivity index (χ1n) is 7.97. The predicted octanol–water partition coefficient (Wildman–Crippen LogP) is 0.304. The number of rotatable bonds is 5. The van der Waals surface area contributed by atoms with Crippen molar-refractivity contribution in [2.45, 2.75) is 19.4 Å². The van der Waals surface area contributed by atoms with Crippen molar-refractivity contribution in [3.05, 3.63) is 41.7 Å². The number of benzene rings is 1. The molecule has 0 aliphatic carbocycles. The Kier molecular flexibility index (Phi) is 4.72. The molecule has 26 heavy (non-hydrogen) atoms. The first kappa shape index (κ1) is 17.6. The molecule has 0 bridgehead atoms. The van der Waals surface area contributed by atoms with Crippen LogP contribution >= 0.6 is 0 Å². The van der Waals surface area contributed by atoms with Crippen LogP contribution < -0.4 is 20.5 Å². The highest BCUT2D eigenvalue weighted by Crippen LogP contribution is 2.24. The maximum Gasteiger partial charge on any atom is 0.268 e. The van der Waals surface area contributed by atoms with Crippen LogP contribution in [0.5, 0.6) is 5.75 Å². The lowest BCUT2D eigenvalue weighted by atomic mass is 10.2. The largest absolute Gasteiger partial charge is 0.497 e. The van der Waals surface area contributed by atoms with Crippen molar-refractivity contribution in [1.82, 2.24) is 20.6 Å². The standard InChI is InChI=1S/C17H19N5O4/c1-10-13(9-21(2)20-10)16(24)19-18-14-8-15(23)22(17(14)25)11-4-6-12(26-3)7-5-11/h4-7,9,14,18H,8H2,1-3H3,(H,19,24)/t14-/m1/s1. The van der Waals surface area contributed by atoms with Crippen molar-refractivity contribution in [1.29, 1.82) is 0 Å². The predicted molar refractivity (Wildman–Crippen MR) is 92.4 cm³/mol. The van der Waals surface area contributed by atoms with Crippen LogP contribution in [0, 0.1) is 6.92 Å². The Hall–Kier alpha value is -3.20. The highest BCUT2D eigenvalue weighted by atomic mass is 16.5. The number of hydrogen-bond acceptors (Lipinski definition) is 6. The molecule has 1 saturated heterocycles. The van der Waals surface area contributed by atoms with Crippen molar-refractivity contribution in [2.75, 3.05) is 12.0 Å². The molecule has 1 aliphatic rings. The Morgan fingerprint density at radius 2 is 1.96 bits per heavy atom. The van der Waals surface area contributed by atoms with Crippen LogP contribution in [0.25, 0.3) is 0 Å². The number of amides is 3. The van der Waals surface area contributed by atoms with Crippen molar-refractivity contribution in [3.8, 4) is 5.75 Å². The van der Waals surface area contributed by atoms with Crippen molar-refractivity contribution in [3.63, 3.8) is 0 Å². The third kappa shape index (κ3) is 3.29. The monoisotopic (exact) mass is 357 g/mol. The number of ether oxygens (including phenoxy) is 1. The number of methoxy groups -OCH3 is 1. The van der Waals surface area contributed by atoms with E-state index in [1.165, 1.54) is 11.8 Å². The number of aryl methyl sites for hydroxylation is 2. The number of carbonyl (C=O) groups is 3.